The van der Waals surface area contributed by atoms with E-state index < -0.39 is 0 Å². The molecule has 0 aromatic carbocycles. The first-order chi connectivity index (χ1) is 8.62. The molecule has 0 heterocycles. The zero-order valence-electron chi connectivity index (χ0n) is 11.8. The number of nitrogens with two attached hydrogens (primary N) is 1. The Morgan fingerprint density at radius 2 is 2.00 bits per heavy atom. The van der Waals surface area contributed by atoms with Crippen molar-refractivity contribution < 1.29 is 9.90 Å². The van der Waals surface area contributed by atoms with Crippen molar-refractivity contribution in [2.75, 3.05) is 19.7 Å². The Balaban J connectivity index is 2.64. The predicted molar refractivity (Wildman–Crippen MR) is 73.1 cm³/mol. The quantitative estimate of drug-likeness (QED) is 0.692. The summed E-state index contributed by atoms with van der Waals surface area (Å²) in [5, 5.41) is 9.13. The maximum absolute atomic E-state index is 12.4. The van der Waals surface area contributed by atoms with E-state index in [1.54, 1.807) is 0 Å². The van der Waals surface area contributed by atoms with Crippen LogP contribution in [-0.2, 0) is 4.79 Å². The predicted octanol–water partition coefficient (Wildman–Crippen LogP) is 1.52. The minimum atomic E-state index is 0.0395. The lowest BCUT2D eigenvalue weighted by Gasteiger charge is -2.42. The van der Waals surface area contributed by atoms with Gasteiger partial charge in [-0.05, 0) is 37.6 Å². The van der Waals surface area contributed by atoms with E-state index in [0.29, 0.717) is 19.5 Å². The second kappa shape index (κ2) is 7.10. The van der Waals surface area contributed by atoms with E-state index in [1.165, 1.54) is 6.42 Å². The first-order valence-electron chi connectivity index (χ1n) is 7.23. The summed E-state index contributed by atoms with van der Waals surface area (Å²) in [7, 11) is 0. The van der Waals surface area contributed by atoms with Gasteiger partial charge in [0, 0.05) is 19.0 Å². The van der Waals surface area contributed by atoms with Gasteiger partial charge in [-0.2, -0.15) is 0 Å². The van der Waals surface area contributed by atoms with Crippen LogP contribution in [0.3, 0.4) is 0 Å². The van der Waals surface area contributed by atoms with Crippen molar-refractivity contribution in [3.05, 3.63) is 0 Å². The molecule has 1 saturated carbocycles. The molecule has 3 N–H and O–H groups in total. The third-order valence-electron chi connectivity index (χ3n) is 4.42. The lowest BCUT2D eigenvalue weighted by Crippen LogP contribution is -2.47. The van der Waals surface area contributed by atoms with Gasteiger partial charge in [0.15, 0.2) is 0 Å². The van der Waals surface area contributed by atoms with Crippen LogP contribution < -0.4 is 5.73 Å². The minimum Gasteiger partial charge on any atom is -0.395 e. The van der Waals surface area contributed by atoms with Crippen LogP contribution in [0.25, 0.3) is 0 Å². The van der Waals surface area contributed by atoms with Gasteiger partial charge in [0.2, 0.25) is 5.91 Å². The van der Waals surface area contributed by atoms with Crippen molar-refractivity contribution in [1.82, 2.24) is 4.90 Å². The summed E-state index contributed by atoms with van der Waals surface area (Å²) < 4.78 is 0. The molecule has 0 radical (unpaired) electrons. The van der Waals surface area contributed by atoms with Gasteiger partial charge in [-0.25, -0.2) is 0 Å². The summed E-state index contributed by atoms with van der Waals surface area (Å²) in [5.41, 5.74) is 5.86. The van der Waals surface area contributed by atoms with Gasteiger partial charge in [-0.15, -0.1) is 0 Å². The molecular weight excluding hydrogens is 228 g/mol. The molecule has 0 saturated heterocycles. The Kier molecular flexibility index (Phi) is 6.09. The van der Waals surface area contributed by atoms with Crippen molar-refractivity contribution in [2.24, 2.45) is 11.1 Å². The van der Waals surface area contributed by atoms with Gasteiger partial charge in [0.25, 0.3) is 0 Å². The summed E-state index contributed by atoms with van der Waals surface area (Å²) in [4.78, 5) is 14.3. The Morgan fingerprint density at radius 3 is 2.33 bits per heavy atom. The minimum absolute atomic E-state index is 0.0395. The fourth-order valence-corrected chi connectivity index (χ4v) is 2.90. The van der Waals surface area contributed by atoms with E-state index in [-0.39, 0.29) is 24.0 Å². The smallest absolute Gasteiger partial charge is 0.223 e. The molecule has 1 aliphatic carbocycles. The number of carbonyl (C=O) groups is 1. The molecule has 18 heavy (non-hydrogen) atoms. The normalized spacial score (nSPS) is 17.6. The monoisotopic (exact) mass is 256 g/mol. The van der Waals surface area contributed by atoms with Crippen LogP contribution in [0.2, 0.25) is 0 Å². The third kappa shape index (κ3) is 3.45. The Hall–Kier alpha value is -0.610. The van der Waals surface area contributed by atoms with Crippen LogP contribution in [0.5, 0.6) is 0 Å². The average Bonchev–Trinajstić information content (AvgIpc) is 2.34. The van der Waals surface area contributed by atoms with Crippen molar-refractivity contribution in [3.63, 3.8) is 0 Å². The molecule has 0 aliphatic heterocycles. The van der Waals surface area contributed by atoms with E-state index >= 15 is 0 Å². The van der Waals surface area contributed by atoms with Gasteiger partial charge < -0.3 is 15.7 Å². The number of hydrogen-bond acceptors (Lipinski definition) is 3. The van der Waals surface area contributed by atoms with Crippen molar-refractivity contribution >= 4 is 5.91 Å². The second-order valence-corrected chi connectivity index (χ2v) is 5.52. The molecule has 1 fully saturated rings. The van der Waals surface area contributed by atoms with Crippen LogP contribution in [-0.4, -0.2) is 41.7 Å². The molecule has 1 amide bonds. The highest BCUT2D eigenvalue weighted by Gasteiger charge is 2.39. The summed E-state index contributed by atoms with van der Waals surface area (Å²) in [5.74, 6) is 0.169. The zero-order valence-corrected chi connectivity index (χ0v) is 11.8. The van der Waals surface area contributed by atoms with Crippen molar-refractivity contribution in [3.8, 4) is 0 Å². The molecular formula is C14H28N2O2. The SMILES string of the molecule is CCC(CC)N(CCO)C(=O)CC1(CN)CCC1. The van der Waals surface area contributed by atoms with Gasteiger partial charge in [0.1, 0.15) is 0 Å². The molecule has 1 aliphatic rings. The average molecular weight is 256 g/mol. The fourth-order valence-electron chi connectivity index (χ4n) is 2.90. The summed E-state index contributed by atoms with van der Waals surface area (Å²) >= 11 is 0. The molecule has 4 heteroatoms. The largest absolute Gasteiger partial charge is 0.395 e. The molecule has 0 spiro atoms. The lowest BCUT2D eigenvalue weighted by atomic mass is 9.66. The zero-order chi connectivity index (χ0) is 13.6. The van der Waals surface area contributed by atoms with Crippen LogP contribution in [0.15, 0.2) is 0 Å². The number of hydrogen-bond donors (Lipinski definition) is 2. The maximum Gasteiger partial charge on any atom is 0.223 e. The summed E-state index contributed by atoms with van der Waals surface area (Å²) in [6.45, 7) is 5.28. The van der Waals surface area contributed by atoms with Crippen LogP contribution in [0, 0.1) is 5.41 Å². The second-order valence-electron chi connectivity index (χ2n) is 5.52. The lowest BCUT2D eigenvalue weighted by molar-refractivity contribution is -0.138. The molecule has 0 unspecified atom stereocenters. The molecule has 0 atom stereocenters. The molecule has 0 aromatic rings. The van der Waals surface area contributed by atoms with E-state index in [1.807, 2.05) is 4.90 Å². The van der Waals surface area contributed by atoms with E-state index in [2.05, 4.69) is 13.8 Å². The van der Waals surface area contributed by atoms with Gasteiger partial charge in [-0.3, -0.25) is 4.79 Å². The highest BCUT2D eigenvalue weighted by molar-refractivity contribution is 5.77. The number of amides is 1. The fraction of sp³-hybridized carbons (Fsp3) is 0.929. The number of aliphatic hydroxyl groups is 1. The highest BCUT2D eigenvalue weighted by atomic mass is 16.3. The van der Waals surface area contributed by atoms with Gasteiger partial charge in [-0.1, -0.05) is 20.3 Å². The number of aliphatic hydroxyl groups excluding tert-OH is 1. The Morgan fingerprint density at radius 1 is 1.39 bits per heavy atom. The molecule has 0 aromatic heterocycles. The maximum atomic E-state index is 12.4. The van der Waals surface area contributed by atoms with Crippen molar-refractivity contribution in [1.29, 1.82) is 0 Å². The van der Waals surface area contributed by atoms with Crippen molar-refractivity contribution in [2.45, 2.75) is 58.4 Å². The molecule has 1 rings (SSSR count). The summed E-state index contributed by atoms with van der Waals surface area (Å²) in [6, 6.07) is 0.250. The highest BCUT2D eigenvalue weighted by Crippen LogP contribution is 2.43. The first kappa shape index (κ1) is 15.4. The van der Waals surface area contributed by atoms with Crippen LogP contribution in [0.1, 0.15) is 52.4 Å². The van der Waals surface area contributed by atoms with Gasteiger partial charge in [0.05, 0.1) is 6.61 Å². The van der Waals surface area contributed by atoms with E-state index in [9.17, 15) is 4.79 Å². The topological polar surface area (TPSA) is 66.6 Å². The molecule has 0 bridgehead atoms. The summed E-state index contributed by atoms with van der Waals surface area (Å²) in [6.07, 6.45) is 5.78. The Labute approximate surface area is 111 Å². The molecule has 4 nitrogen and oxygen atoms in total. The van der Waals surface area contributed by atoms with E-state index in [0.717, 1.165) is 25.7 Å². The standard InChI is InChI=1S/C14H28N2O2/c1-3-12(4-2)16(8-9-17)13(18)10-14(11-15)6-5-7-14/h12,17H,3-11,15H2,1-2H3. The number of carbonyl (C=O) groups excluding carboxylic acids is 1. The number of nitrogens with zero attached hydrogens (tertiary/aromatic N) is 1. The van der Waals surface area contributed by atoms with Crippen LogP contribution >= 0.6 is 0 Å². The molecule has 106 valence electrons. The first-order valence-corrected chi connectivity index (χ1v) is 7.23. The third-order valence-corrected chi connectivity index (χ3v) is 4.42. The van der Waals surface area contributed by atoms with Gasteiger partial charge >= 0.3 is 0 Å². The number of rotatable bonds is 8. The van der Waals surface area contributed by atoms with Crippen LogP contribution in [0.4, 0.5) is 0 Å². The Bertz CT molecular complexity index is 255. The van der Waals surface area contributed by atoms with E-state index in [4.69, 9.17) is 10.8 Å².